The highest BCUT2D eigenvalue weighted by Crippen LogP contribution is 2.27. The van der Waals surface area contributed by atoms with E-state index in [9.17, 15) is 19.7 Å². The average Bonchev–Trinajstić information content (AvgIpc) is 3.26. The predicted molar refractivity (Wildman–Crippen MR) is 138 cm³/mol. The van der Waals surface area contributed by atoms with Gasteiger partial charge in [0, 0.05) is 36.0 Å². The molecular weight excluding hydrogens is 480 g/mol. The van der Waals surface area contributed by atoms with Gasteiger partial charge in [0.05, 0.1) is 17.2 Å². The lowest BCUT2D eigenvalue weighted by Crippen LogP contribution is -2.15. The Labute approximate surface area is 210 Å². The summed E-state index contributed by atoms with van der Waals surface area (Å²) in [5.41, 5.74) is 2.93. The quantitative estimate of drug-likeness (QED) is 0.194. The van der Waals surface area contributed by atoms with Crippen molar-refractivity contribution in [1.82, 2.24) is 14.8 Å². The second-order valence-corrected chi connectivity index (χ2v) is 8.72. The number of non-ortho nitro benzene ring substituents is 1. The number of hydrogen-bond acceptors (Lipinski definition) is 7. The Hall–Kier alpha value is -4.51. The van der Waals surface area contributed by atoms with Gasteiger partial charge in [-0.05, 0) is 42.0 Å². The van der Waals surface area contributed by atoms with Crippen LogP contribution < -0.4 is 10.6 Å². The first-order valence-electron chi connectivity index (χ1n) is 10.9. The van der Waals surface area contributed by atoms with E-state index in [-0.39, 0.29) is 23.3 Å². The number of aromatic nitrogens is 3. The van der Waals surface area contributed by atoms with Crippen molar-refractivity contribution in [2.75, 3.05) is 16.4 Å². The molecule has 36 heavy (non-hydrogen) atoms. The maximum atomic E-state index is 12.6. The minimum atomic E-state index is -0.453. The van der Waals surface area contributed by atoms with Crippen LogP contribution in [0.2, 0.25) is 0 Å². The summed E-state index contributed by atoms with van der Waals surface area (Å²) >= 11 is 1.24. The molecule has 3 aromatic carbocycles. The van der Waals surface area contributed by atoms with Crippen LogP contribution in [0.15, 0.2) is 84.0 Å². The third-order valence-corrected chi connectivity index (χ3v) is 6.02. The number of carbonyl (C=O) groups excluding carboxylic acids is 2. The van der Waals surface area contributed by atoms with Crippen molar-refractivity contribution in [1.29, 1.82) is 0 Å². The summed E-state index contributed by atoms with van der Waals surface area (Å²) < 4.78 is 1.89. The third-order valence-electron chi connectivity index (χ3n) is 5.06. The molecule has 2 N–H and O–H groups in total. The van der Waals surface area contributed by atoms with Crippen molar-refractivity contribution in [3.63, 3.8) is 0 Å². The number of nitrogens with zero attached hydrogens (tertiary/aromatic N) is 4. The summed E-state index contributed by atoms with van der Waals surface area (Å²) in [6.45, 7) is 1.89. The van der Waals surface area contributed by atoms with Crippen molar-refractivity contribution in [2.45, 2.75) is 18.6 Å². The molecule has 0 saturated carbocycles. The number of hydrogen-bond donors (Lipinski definition) is 2. The zero-order chi connectivity index (χ0) is 25.5. The zero-order valence-electron chi connectivity index (χ0n) is 19.2. The van der Waals surface area contributed by atoms with Crippen LogP contribution in [0.5, 0.6) is 0 Å². The number of anilines is 2. The van der Waals surface area contributed by atoms with Crippen LogP contribution in [0.4, 0.5) is 17.1 Å². The smallest absolute Gasteiger partial charge is 0.269 e. The number of rotatable bonds is 9. The fourth-order valence-corrected chi connectivity index (χ4v) is 4.15. The number of nitro benzene ring substituents is 1. The molecule has 0 spiro atoms. The largest absolute Gasteiger partial charge is 0.326 e. The number of nitrogens with one attached hydrogen (secondary N) is 2. The molecule has 0 atom stereocenters. The van der Waals surface area contributed by atoms with Crippen LogP contribution in [0, 0.1) is 10.1 Å². The minimum Gasteiger partial charge on any atom is -0.326 e. The summed E-state index contributed by atoms with van der Waals surface area (Å²) in [6, 6.07) is 22.7. The molecule has 1 aromatic heterocycles. The summed E-state index contributed by atoms with van der Waals surface area (Å²) in [6.07, 6.45) is 0. The summed E-state index contributed by atoms with van der Waals surface area (Å²) in [5, 5.41) is 25.7. The minimum absolute atomic E-state index is 0.00995. The van der Waals surface area contributed by atoms with Gasteiger partial charge in [0.1, 0.15) is 0 Å². The Balaban J connectivity index is 1.50. The molecule has 11 heteroatoms. The van der Waals surface area contributed by atoms with Crippen LogP contribution in [0.3, 0.4) is 0 Å². The molecule has 0 aliphatic carbocycles. The third kappa shape index (κ3) is 6.33. The van der Waals surface area contributed by atoms with Crippen molar-refractivity contribution in [3.05, 3.63) is 94.5 Å². The topological polar surface area (TPSA) is 132 Å². The molecule has 0 aliphatic rings. The van der Waals surface area contributed by atoms with Crippen LogP contribution in [0.1, 0.15) is 12.5 Å². The molecular formula is C25H22N6O4S. The van der Waals surface area contributed by atoms with E-state index < -0.39 is 4.92 Å². The highest BCUT2D eigenvalue weighted by molar-refractivity contribution is 7.99. The van der Waals surface area contributed by atoms with Crippen molar-refractivity contribution in [3.8, 4) is 11.4 Å². The van der Waals surface area contributed by atoms with E-state index in [1.807, 2.05) is 34.9 Å². The number of carbonyl (C=O) groups is 2. The molecule has 0 unspecified atom stereocenters. The first-order chi connectivity index (χ1) is 17.4. The fraction of sp³-hybridized carbons (Fsp3) is 0.120. The van der Waals surface area contributed by atoms with Crippen molar-refractivity contribution in [2.24, 2.45) is 0 Å². The van der Waals surface area contributed by atoms with E-state index in [1.165, 1.54) is 30.8 Å². The monoisotopic (exact) mass is 502 g/mol. The maximum absolute atomic E-state index is 12.6. The van der Waals surface area contributed by atoms with Crippen LogP contribution in [0.25, 0.3) is 11.4 Å². The first kappa shape index (κ1) is 24.6. The predicted octanol–water partition coefficient (Wildman–Crippen LogP) is 4.59. The first-order valence-corrected chi connectivity index (χ1v) is 11.9. The number of thioether (sulfide) groups is 1. The summed E-state index contributed by atoms with van der Waals surface area (Å²) in [5.74, 6) is 0.250. The Morgan fingerprint density at radius 3 is 2.17 bits per heavy atom. The Morgan fingerprint density at radius 2 is 1.56 bits per heavy atom. The lowest BCUT2D eigenvalue weighted by Gasteiger charge is -2.11. The van der Waals surface area contributed by atoms with Crippen LogP contribution >= 0.6 is 11.8 Å². The van der Waals surface area contributed by atoms with E-state index in [0.717, 1.165) is 5.56 Å². The molecule has 0 radical (unpaired) electrons. The Kier molecular flexibility index (Phi) is 7.71. The second-order valence-electron chi connectivity index (χ2n) is 7.78. The average molecular weight is 503 g/mol. The normalized spacial score (nSPS) is 10.6. The van der Waals surface area contributed by atoms with Gasteiger partial charge in [-0.2, -0.15) is 0 Å². The number of benzene rings is 3. The molecule has 0 aliphatic heterocycles. The van der Waals surface area contributed by atoms with Gasteiger partial charge in [-0.1, -0.05) is 42.1 Å². The van der Waals surface area contributed by atoms with Gasteiger partial charge in [-0.15, -0.1) is 10.2 Å². The van der Waals surface area contributed by atoms with Crippen LogP contribution in [-0.4, -0.2) is 37.3 Å². The molecule has 4 rings (SSSR count). The van der Waals surface area contributed by atoms with E-state index in [2.05, 4.69) is 20.8 Å². The highest BCUT2D eigenvalue weighted by atomic mass is 32.2. The van der Waals surface area contributed by atoms with Gasteiger partial charge < -0.3 is 10.6 Å². The van der Waals surface area contributed by atoms with E-state index in [0.29, 0.717) is 34.5 Å². The summed E-state index contributed by atoms with van der Waals surface area (Å²) in [7, 11) is 0. The Bertz CT molecular complexity index is 1370. The lowest BCUT2D eigenvalue weighted by atomic mass is 10.2. The maximum Gasteiger partial charge on any atom is 0.269 e. The molecule has 1 heterocycles. The van der Waals surface area contributed by atoms with Gasteiger partial charge in [0.25, 0.3) is 5.69 Å². The molecule has 182 valence electrons. The molecule has 2 amide bonds. The van der Waals surface area contributed by atoms with Gasteiger partial charge in [0.15, 0.2) is 11.0 Å². The van der Waals surface area contributed by atoms with E-state index in [1.54, 1.807) is 36.4 Å². The standard InChI is InChI=1S/C25H22N6O4S/c1-17(32)26-20-9-11-21(12-10-20)27-23(33)16-36-25-29-28-24(19-7-13-22(14-8-19)31(34)35)30(25)15-18-5-3-2-4-6-18/h2-14H,15-16H2,1H3,(H,26,32)(H,27,33). The Morgan fingerprint density at radius 1 is 0.917 bits per heavy atom. The SMILES string of the molecule is CC(=O)Nc1ccc(NC(=O)CSc2nnc(-c3ccc([N+](=O)[O-])cc3)n2Cc2ccccc2)cc1. The fourth-order valence-electron chi connectivity index (χ4n) is 3.42. The molecule has 4 aromatic rings. The van der Waals surface area contributed by atoms with Gasteiger partial charge in [-0.3, -0.25) is 24.3 Å². The number of amides is 2. The molecule has 10 nitrogen and oxygen atoms in total. The second kappa shape index (κ2) is 11.3. The van der Waals surface area contributed by atoms with Crippen molar-refractivity contribution >= 4 is 40.6 Å². The lowest BCUT2D eigenvalue weighted by molar-refractivity contribution is -0.384. The van der Waals surface area contributed by atoms with Gasteiger partial charge in [-0.25, -0.2) is 0 Å². The van der Waals surface area contributed by atoms with Gasteiger partial charge >= 0.3 is 0 Å². The van der Waals surface area contributed by atoms with Crippen molar-refractivity contribution < 1.29 is 14.5 Å². The molecule has 0 bridgehead atoms. The molecule has 0 fully saturated rings. The van der Waals surface area contributed by atoms with E-state index in [4.69, 9.17) is 0 Å². The summed E-state index contributed by atoms with van der Waals surface area (Å²) in [4.78, 5) is 34.3. The highest BCUT2D eigenvalue weighted by Gasteiger charge is 2.17. The molecule has 0 saturated heterocycles. The van der Waals surface area contributed by atoms with E-state index >= 15 is 0 Å². The number of nitro groups is 1. The van der Waals surface area contributed by atoms with Crippen LogP contribution in [-0.2, 0) is 16.1 Å². The van der Waals surface area contributed by atoms with Gasteiger partial charge in [0.2, 0.25) is 11.8 Å². The zero-order valence-corrected chi connectivity index (χ0v) is 20.1.